The van der Waals surface area contributed by atoms with Crippen LogP contribution in [0.2, 0.25) is 0 Å². The molecule has 2 aromatic heterocycles. The molecule has 2 aromatic rings. The molecule has 13 heavy (non-hydrogen) atoms. The van der Waals surface area contributed by atoms with Crippen LogP contribution in [0, 0.1) is 6.92 Å². The molecule has 1 atom stereocenters. The van der Waals surface area contributed by atoms with E-state index in [2.05, 4.69) is 0 Å². The molecule has 0 aliphatic carbocycles. The summed E-state index contributed by atoms with van der Waals surface area (Å²) in [5.41, 5.74) is 1.17. The zero-order valence-electron chi connectivity index (χ0n) is 7.23. The van der Waals surface area contributed by atoms with Gasteiger partial charge in [0.2, 0.25) is 0 Å². The molecule has 0 aliphatic heterocycles. The van der Waals surface area contributed by atoms with Crippen molar-refractivity contribution in [3.05, 3.63) is 44.3 Å². The van der Waals surface area contributed by atoms with E-state index in [-0.39, 0.29) is 0 Å². The average Bonchev–Trinajstić information content (AvgIpc) is 2.72. The zero-order chi connectivity index (χ0) is 9.26. The normalized spacial score (nSPS) is 13.1. The van der Waals surface area contributed by atoms with Gasteiger partial charge in [-0.1, -0.05) is 6.07 Å². The van der Waals surface area contributed by atoms with Crippen molar-refractivity contribution in [1.82, 2.24) is 0 Å². The van der Waals surface area contributed by atoms with E-state index in [1.54, 1.807) is 22.7 Å². The predicted molar refractivity (Wildman–Crippen MR) is 57.4 cm³/mol. The number of aryl methyl sites for hydroxylation is 1. The molecule has 1 nitrogen and oxygen atoms in total. The molecule has 0 spiro atoms. The average molecular weight is 210 g/mol. The van der Waals surface area contributed by atoms with Crippen LogP contribution in [0.15, 0.2) is 29.0 Å². The maximum absolute atomic E-state index is 9.97. The molecule has 0 fully saturated rings. The van der Waals surface area contributed by atoms with Crippen molar-refractivity contribution >= 4 is 22.7 Å². The van der Waals surface area contributed by atoms with Crippen LogP contribution in [-0.4, -0.2) is 5.11 Å². The van der Waals surface area contributed by atoms with Gasteiger partial charge in [0.25, 0.3) is 0 Å². The topological polar surface area (TPSA) is 20.2 Å². The molecule has 0 radical (unpaired) electrons. The van der Waals surface area contributed by atoms with Crippen LogP contribution in [-0.2, 0) is 0 Å². The molecule has 0 bridgehead atoms. The molecule has 1 N–H and O–H groups in total. The van der Waals surface area contributed by atoms with Crippen molar-refractivity contribution in [3.8, 4) is 0 Å². The highest BCUT2D eigenvalue weighted by atomic mass is 32.1. The summed E-state index contributed by atoms with van der Waals surface area (Å²) in [6, 6.07) is 5.97. The minimum Gasteiger partial charge on any atom is -0.382 e. The van der Waals surface area contributed by atoms with E-state index in [1.165, 1.54) is 5.56 Å². The Balaban J connectivity index is 2.33. The van der Waals surface area contributed by atoms with Crippen LogP contribution in [0.25, 0.3) is 0 Å². The van der Waals surface area contributed by atoms with Crippen LogP contribution in [0.1, 0.15) is 21.4 Å². The highest BCUT2D eigenvalue weighted by Crippen LogP contribution is 2.31. The highest BCUT2D eigenvalue weighted by molar-refractivity contribution is 7.11. The molecule has 68 valence electrons. The SMILES string of the molecule is Cc1ccsc1C(O)c1cccs1. The fourth-order valence-electron chi connectivity index (χ4n) is 1.24. The first-order valence-corrected chi connectivity index (χ1v) is 5.80. The van der Waals surface area contributed by atoms with Crippen LogP contribution in [0.5, 0.6) is 0 Å². The van der Waals surface area contributed by atoms with Gasteiger partial charge in [0.15, 0.2) is 0 Å². The molecule has 0 saturated carbocycles. The highest BCUT2D eigenvalue weighted by Gasteiger charge is 2.14. The van der Waals surface area contributed by atoms with E-state index in [9.17, 15) is 5.11 Å². The van der Waals surface area contributed by atoms with E-state index < -0.39 is 6.10 Å². The van der Waals surface area contributed by atoms with Gasteiger partial charge >= 0.3 is 0 Å². The molecule has 0 amide bonds. The van der Waals surface area contributed by atoms with E-state index >= 15 is 0 Å². The fraction of sp³-hybridized carbons (Fsp3) is 0.200. The number of hydrogen-bond donors (Lipinski definition) is 1. The summed E-state index contributed by atoms with van der Waals surface area (Å²) in [4.78, 5) is 2.08. The van der Waals surface area contributed by atoms with E-state index in [4.69, 9.17) is 0 Å². The third-order valence-corrected chi connectivity index (χ3v) is 3.96. The summed E-state index contributed by atoms with van der Waals surface area (Å²) < 4.78 is 0. The monoisotopic (exact) mass is 210 g/mol. The lowest BCUT2D eigenvalue weighted by Gasteiger charge is -2.06. The lowest BCUT2D eigenvalue weighted by molar-refractivity contribution is 0.227. The first-order valence-electron chi connectivity index (χ1n) is 4.04. The Labute approximate surface area is 85.3 Å². The molecule has 0 saturated heterocycles. The molecule has 0 aromatic carbocycles. The van der Waals surface area contributed by atoms with Gasteiger partial charge in [0.05, 0.1) is 0 Å². The van der Waals surface area contributed by atoms with Gasteiger partial charge < -0.3 is 5.11 Å². The third kappa shape index (κ3) is 1.68. The molecular formula is C10H10OS2. The minimum absolute atomic E-state index is 0.431. The molecular weight excluding hydrogens is 200 g/mol. The van der Waals surface area contributed by atoms with Gasteiger partial charge in [-0.25, -0.2) is 0 Å². The smallest absolute Gasteiger partial charge is 0.123 e. The summed E-state index contributed by atoms with van der Waals surface area (Å²) in [6.07, 6.45) is -0.431. The standard InChI is InChI=1S/C10H10OS2/c1-7-4-6-13-10(7)9(11)8-3-2-5-12-8/h2-6,9,11H,1H3. The van der Waals surface area contributed by atoms with Gasteiger partial charge in [0.1, 0.15) is 6.10 Å². The quantitative estimate of drug-likeness (QED) is 0.807. The Morgan fingerprint density at radius 3 is 2.62 bits per heavy atom. The van der Waals surface area contributed by atoms with Gasteiger partial charge in [-0.15, -0.1) is 22.7 Å². The second kappa shape index (κ2) is 3.62. The summed E-state index contributed by atoms with van der Waals surface area (Å²) in [5.74, 6) is 0. The molecule has 0 aliphatic rings. The summed E-state index contributed by atoms with van der Waals surface area (Å²) in [7, 11) is 0. The van der Waals surface area contributed by atoms with Crippen molar-refractivity contribution < 1.29 is 5.11 Å². The van der Waals surface area contributed by atoms with Crippen LogP contribution >= 0.6 is 22.7 Å². The Morgan fingerprint density at radius 1 is 1.23 bits per heavy atom. The maximum atomic E-state index is 9.97. The third-order valence-electron chi connectivity index (χ3n) is 1.96. The molecule has 2 rings (SSSR count). The van der Waals surface area contributed by atoms with E-state index in [0.717, 1.165) is 9.75 Å². The molecule has 3 heteroatoms. The predicted octanol–water partition coefficient (Wildman–Crippen LogP) is 3.20. The second-order valence-electron chi connectivity index (χ2n) is 2.89. The Hall–Kier alpha value is -0.640. The van der Waals surface area contributed by atoms with Gasteiger partial charge in [0, 0.05) is 9.75 Å². The van der Waals surface area contributed by atoms with E-state index in [1.807, 2.05) is 35.9 Å². The van der Waals surface area contributed by atoms with E-state index in [0.29, 0.717) is 0 Å². The fourth-order valence-corrected chi connectivity index (χ4v) is 2.96. The van der Waals surface area contributed by atoms with Gasteiger partial charge in [-0.05, 0) is 35.4 Å². The van der Waals surface area contributed by atoms with Gasteiger partial charge in [-0.2, -0.15) is 0 Å². The summed E-state index contributed by atoms with van der Waals surface area (Å²) in [5, 5.41) is 14.0. The lowest BCUT2D eigenvalue weighted by atomic mass is 10.2. The summed E-state index contributed by atoms with van der Waals surface area (Å²) in [6.45, 7) is 2.03. The lowest BCUT2D eigenvalue weighted by Crippen LogP contribution is -1.95. The number of rotatable bonds is 2. The van der Waals surface area contributed by atoms with Crippen molar-refractivity contribution in [1.29, 1.82) is 0 Å². The zero-order valence-corrected chi connectivity index (χ0v) is 8.86. The van der Waals surface area contributed by atoms with Crippen molar-refractivity contribution in [2.45, 2.75) is 13.0 Å². The molecule has 1 unspecified atom stereocenters. The van der Waals surface area contributed by atoms with Crippen molar-refractivity contribution in [2.24, 2.45) is 0 Å². The number of aliphatic hydroxyl groups is 1. The molecule has 2 heterocycles. The largest absolute Gasteiger partial charge is 0.382 e. The van der Waals surface area contributed by atoms with Gasteiger partial charge in [-0.3, -0.25) is 0 Å². The number of aliphatic hydroxyl groups excluding tert-OH is 1. The maximum Gasteiger partial charge on any atom is 0.123 e. The Bertz CT molecular complexity index is 375. The first-order chi connectivity index (χ1) is 6.29. The van der Waals surface area contributed by atoms with Crippen LogP contribution < -0.4 is 0 Å². The van der Waals surface area contributed by atoms with Crippen molar-refractivity contribution in [2.75, 3.05) is 0 Å². The first kappa shape index (κ1) is 8.94. The summed E-state index contributed by atoms with van der Waals surface area (Å²) >= 11 is 3.21. The van der Waals surface area contributed by atoms with Crippen molar-refractivity contribution in [3.63, 3.8) is 0 Å². The Kier molecular flexibility index (Phi) is 2.49. The second-order valence-corrected chi connectivity index (χ2v) is 4.81. The minimum atomic E-state index is -0.431. The number of hydrogen-bond acceptors (Lipinski definition) is 3. The Morgan fingerprint density at radius 2 is 2.08 bits per heavy atom. The van der Waals surface area contributed by atoms with Crippen LogP contribution in [0.3, 0.4) is 0 Å². The van der Waals surface area contributed by atoms with Crippen LogP contribution in [0.4, 0.5) is 0 Å². The number of thiophene rings is 2.